The lowest BCUT2D eigenvalue weighted by atomic mass is 10.0. The summed E-state index contributed by atoms with van der Waals surface area (Å²) in [6.45, 7) is 3.90. The van der Waals surface area contributed by atoms with Gasteiger partial charge < -0.3 is 19.2 Å². The first-order chi connectivity index (χ1) is 9.31. The van der Waals surface area contributed by atoms with Gasteiger partial charge in [0.2, 0.25) is 0 Å². The SMILES string of the molecule is OC(COCc1ccco1)CN1CC2CCCC2C1. The van der Waals surface area contributed by atoms with Gasteiger partial charge >= 0.3 is 0 Å². The molecule has 4 nitrogen and oxygen atoms in total. The van der Waals surface area contributed by atoms with Gasteiger partial charge in [-0.15, -0.1) is 0 Å². The van der Waals surface area contributed by atoms with Gasteiger partial charge in [-0.05, 0) is 36.8 Å². The Bertz CT molecular complexity index is 367. The van der Waals surface area contributed by atoms with Crippen LogP contribution in [-0.2, 0) is 11.3 Å². The molecule has 2 heterocycles. The van der Waals surface area contributed by atoms with Crippen LogP contribution in [0.15, 0.2) is 22.8 Å². The number of nitrogens with zero attached hydrogens (tertiary/aromatic N) is 1. The normalized spacial score (nSPS) is 28.7. The second-order valence-corrected chi connectivity index (χ2v) is 5.92. The number of rotatable bonds is 6. The monoisotopic (exact) mass is 265 g/mol. The van der Waals surface area contributed by atoms with Gasteiger partial charge in [0.25, 0.3) is 0 Å². The Morgan fingerprint density at radius 1 is 1.37 bits per heavy atom. The second-order valence-electron chi connectivity index (χ2n) is 5.92. The van der Waals surface area contributed by atoms with Gasteiger partial charge in [0, 0.05) is 19.6 Å². The van der Waals surface area contributed by atoms with Crippen LogP contribution in [-0.4, -0.2) is 42.4 Å². The van der Waals surface area contributed by atoms with Crippen LogP contribution in [0.4, 0.5) is 0 Å². The van der Waals surface area contributed by atoms with Crippen molar-refractivity contribution in [3.8, 4) is 0 Å². The molecule has 106 valence electrons. The zero-order chi connectivity index (χ0) is 13.1. The molecule has 1 aliphatic carbocycles. The summed E-state index contributed by atoms with van der Waals surface area (Å²) in [5.74, 6) is 2.58. The van der Waals surface area contributed by atoms with Crippen molar-refractivity contribution in [2.75, 3.05) is 26.2 Å². The summed E-state index contributed by atoms with van der Waals surface area (Å²) in [6.07, 6.45) is 5.41. The Labute approximate surface area is 114 Å². The zero-order valence-electron chi connectivity index (χ0n) is 11.3. The fourth-order valence-corrected chi connectivity index (χ4v) is 3.52. The summed E-state index contributed by atoms with van der Waals surface area (Å²) in [6, 6.07) is 3.73. The summed E-state index contributed by atoms with van der Waals surface area (Å²) in [5.41, 5.74) is 0. The maximum atomic E-state index is 10.0. The predicted molar refractivity (Wildman–Crippen MR) is 71.6 cm³/mol. The Hall–Kier alpha value is -0.840. The number of hydrogen-bond acceptors (Lipinski definition) is 4. The molecule has 3 rings (SSSR count). The number of hydrogen-bond donors (Lipinski definition) is 1. The van der Waals surface area contributed by atoms with Gasteiger partial charge in [0.15, 0.2) is 0 Å². The Kier molecular flexibility index (Phi) is 4.21. The van der Waals surface area contributed by atoms with Gasteiger partial charge in [-0.1, -0.05) is 6.42 Å². The molecule has 3 unspecified atom stereocenters. The zero-order valence-corrected chi connectivity index (χ0v) is 11.3. The quantitative estimate of drug-likeness (QED) is 0.853. The highest BCUT2D eigenvalue weighted by Gasteiger charge is 2.36. The first-order valence-corrected chi connectivity index (χ1v) is 7.32. The van der Waals surface area contributed by atoms with E-state index in [0.717, 1.165) is 24.1 Å². The van der Waals surface area contributed by atoms with Gasteiger partial charge in [-0.25, -0.2) is 0 Å². The molecule has 0 amide bonds. The summed E-state index contributed by atoms with van der Waals surface area (Å²) in [4.78, 5) is 2.40. The fourth-order valence-electron chi connectivity index (χ4n) is 3.52. The molecular formula is C15H23NO3. The van der Waals surface area contributed by atoms with E-state index in [-0.39, 0.29) is 0 Å². The second kappa shape index (κ2) is 6.07. The van der Waals surface area contributed by atoms with Crippen molar-refractivity contribution in [3.63, 3.8) is 0 Å². The minimum atomic E-state index is -0.395. The van der Waals surface area contributed by atoms with Crippen molar-refractivity contribution in [1.29, 1.82) is 0 Å². The van der Waals surface area contributed by atoms with Crippen molar-refractivity contribution in [2.24, 2.45) is 11.8 Å². The van der Waals surface area contributed by atoms with Crippen LogP contribution in [0.1, 0.15) is 25.0 Å². The van der Waals surface area contributed by atoms with Gasteiger partial charge in [-0.2, -0.15) is 0 Å². The average Bonchev–Trinajstić information content (AvgIpc) is 3.04. The van der Waals surface area contributed by atoms with Crippen molar-refractivity contribution in [2.45, 2.75) is 32.0 Å². The minimum absolute atomic E-state index is 0.381. The molecule has 0 spiro atoms. The number of furan rings is 1. The highest BCUT2D eigenvalue weighted by atomic mass is 16.5. The standard InChI is InChI=1S/C15H23NO3/c17-14(10-18-11-15-5-2-6-19-15)9-16-7-12-3-1-4-13(12)8-16/h2,5-6,12-14,17H,1,3-4,7-11H2. The molecule has 0 aromatic carbocycles. The van der Waals surface area contributed by atoms with Gasteiger partial charge in [-0.3, -0.25) is 0 Å². The first-order valence-electron chi connectivity index (χ1n) is 7.32. The van der Waals surface area contributed by atoms with E-state index < -0.39 is 6.10 Å². The lowest BCUT2D eigenvalue weighted by Gasteiger charge is -2.20. The Morgan fingerprint density at radius 2 is 2.16 bits per heavy atom. The third-order valence-electron chi connectivity index (χ3n) is 4.41. The lowest BCUT2D eigenvalue weighted by Crippen LogP contribution is -2.34. The number of β-amino-alcohol motifs (C(OH)–C–C–N with tert-alkyl or cyclic N) is 1. The molecule has 0 radical (unpaired) electrons. The molecule has 2 fully saturated rings. The molecule has 0 bridgehead atoms. The van der Waals surface area contributed by atoms with Crippen molar-refractivity contribution in [1.82, 2.24) is 4.90 Å². The topological polar surface area (TPSA) is 45.8 Å². The molecule has 1 saturated carbocycles. The van der Waals surface area contributed by atoms with E-state index in [9.17, 15) is 5.11 Å². The molecule has 3 atom stereocenters. The van der Waals surface area contributed by atoms with Gasteiger partial charge in [0.05, 0.1) is 19.0 Å². The van der Waals surface area contributed by atoms with Crippen LogP contribution in [0.2, 0.25) is 0 Å². The van der Waals surface area contributed by atoms with Crippen LogP contribution < -0.4 is 0 Å². The smallest absolute Gasteiger partial charge is 0.129 e. The largest absolute Gasteiger partial charge is 0.467 e. The van der Waals surface area contributed by atoms with Crippen LogP contribution in [0.3, 0.4) is 0 Å². The minimum Gasteiger partial charge on any atom is -0.467 e. The number of ether oxygens (including phenoxy) is 1. The van der Waals surface area contributed by atoms with E-state index in [0.29, 0.717) is 13.2 Å². The van der Waals surface area contributed by atoms with Crippen molar-refractivity contribution in [3.05, 3.63) is 24.2 Å². The third kappa shape index (κ3) is 3.38. The number of aliphatic hydroxyl groups is 1. The van der Waals surface area contributed by atoms with E-state index in [4.69, 9.17) is 9.15 Å². The molecule has 1 N–H and O–H groups in total. The first kappa shape index (κ1) is 13.2. The number of fused-ring (bicyclic) bond motifs is 1. The van der Waals surface area contributed by atoms with Crippen LogP contribution in [0.25, 0.3) is 0 Å². The molecule has 19 heavy (non-hydrogen) atoms. The third-order valence-corrected chi connectivity index (χ3v) is 4.41. The molecule has 2 aliphatic rings. The maximum absolute atomic E-state index is 10.0. The Morgan fingerprint density at radius 3 is 2.84 bits per heavy atom. The highest BCUT2D eigenvalue weighted by Crippen LogP contribution is 2.37. The van der Waals surface area contributed by atoms with E-state index in [1.54, 1.807) is 6.26 Å². The van der Waals surface area contributed by atoms with E-state index >= 15 is 0 Å². The van der Waals surface area contributed by atoms with Gasteiger partial charge in [0.1, 0.15) is 12.4 Å². The Balaban J connectivity index is 1.34. The molecule has 1 aliphatic heterocycles. The fraction of sp³-hybridized carbons (Fsp3) is 0.733. The van der Waals surface area contributed by atoms with Crippen LogP contribution in [0, 0.1) is 11.8 Å². The number of aliphatic hydroxyl groups excluding tert-OH is 1. The lowest BCUT2D eigenvalue weighted by molar-refractivity contribution is 0.00733. The molecule has 4 heteroatoms. The number of likely N-dealkylation sites (tertiary alicyclic amines) is 1. The van der Waals surface area contributed by atoms with E-state index in [2.05, 4.69) is 4.90 Å². The average molecular weight is 265 g/mol. The highest BCUT2D eigenvalue weighted by molar-refractivity contribution is 4.96. The summed E-state index contributed by atoms with van der Waals surface area (Å²) in [7, 11) is 0. The van der Waals surface area contributed by atoms with Crippen LogP contribution >= 0.6 is 0 Å². The predicted octanol–water partition coefficient (Wildman–Crippen LogP) is 1.89. The van der Waals surface area contributed by atoms with Crippen LogP contribution in [0.5, 0.6) is 0 Å². The summed E-state index contributed by atoms with van der Waals surface area (Å²) >= 11 is 0. The maximum Gasteiger partial charge on any atom is 0.129 e. The molecule has 1 aromatic rings. The summed E-state index contributed by atoms with van der Waals surface area (Å²) < 4.78 is 10.7. The van der Waals surface area contributed by atoms with Crippen molar-refractivity contribution >= 4 is 0 Å². The summed E-state index contributed by atoms with van der Waals surface area (Å²) in [5, 5.41) is 10.0. The van der Waals surface area contributed by atoms with E-state index in [1.165, 1.54) is 32.4 Å². The molecular weight excluding hydrogens is 242 g/mol. The van der Waals surface area contributed by atoms with Crippen molar-refractivity contribution < 1.29 is 14.3 Å². The van der Waals surface area contributed by atoms with E-state index in [1.807, 2.05) is 12.1 Å². The molecule has 1 saturated heterocycles. The molecule has 1 aromatic heterocycles.